The lowest BCUT2D eigenvalue weighted by Crippen LogP contribution is -2.50. The number of para-hydroxylation sites is 1. The number of hydrogen-bond acceptors (Lipinski definition) is 3. The first-order chi connectivity index (χ1) is 14.1. The summed E-state index contributed by atoms with van der Waals surface area (Å²) in [7, 11) is 0. The van der Waals surface area contributed by atoms with Crippen LogP contribution in [0.15, 0.2) is 48.0 Å². The molecule has 2 aromatic heterocycles. The molecule has 0 aliphatic rings. The third kappa shape index (κ3) is 5.70. The first-order valence-corrected chi connectivity index (χ1v) is 11.2. The summed E-state index contributed by atoms with van der Waals surface area (Å²) in [6, 6.07) is 11.1. The maximum Gasteiger partial charge on any atom is 0.262 e. The van der Waals surface area contributed by atoms with Gasteiger partial charge in [-0.05, 0) is 36.4 Å². The van der Waals surface area contributed by atoms with E-state index in [1.807, 2.05) is 48.8 Å². The smallest absolute Gasteiger partial charge is 0.262 e. The highest BCUT2D eigenvalue weighted by molar-refractivity contribution is 7.12. The molecule has 0 fully saturated rings. The second kappa shape index (κ2) is 10.3. The van der Waals surface area contributed by atoms with E-state index in [0.29, 0.717) is 11.3 Å². The van der Waals surface area contributed by atoms with Crippen molar-refractivity contribution < 1.29 is 9.59 Å². The van der Waals surface area contributed by atoms with Crippen molar-refractivity contribution in [3.05, 3.63) is 58.4 Å². The summed E-state index contributed by atoms with van der Waals surface area (Å²) in [6.07, 6.45) is 6.71. The zero-order valence-corrected chi connectivity index (χ0v) is 17.9. The van der Waals surface area contributed by atoms with Crippen LogP contribution in [0.25, 0.3) is 10.9 Å². The van der Waals surface area contributed by atoms with E-state index >= 15 is 0 Å². The summed E-state index contributed by atoms with van der Waals surface area (Å²) in [5.41, 5.74) is 2.05. The molecule has 0 aliphatic heterocycles. The van der Waals surface area contributed by atoms with Crippen molar-refractivity contribution in [3.63, 3.8) is 0 Å². The van der Waals surface area contributed by atoms with Gasteiger partial charge in [0.25, 0.3) is 5.91 Å². The minimum absolute atomic E-state index is 0.0816. The second-order valence-electron chi connectivity index (χ2n) is 7.47. The van der Waals surface area contributed by atoms with E-state index in [1.54, 1.807) is 6.07 Å². The number of carbonyl (C=O) groups excluding carboxylic acids is 2. The third-order valence-electron chi connectivity index (χ3n) is 5.10. The molecule has 0 saturated carbocycles. The Labute approximate surface area is 175 Å². The van der Waals surface area contributed by atoms with Crippen LogP contribution in [0.3, 0.4) is 0 Å². The molecule has 0 saturated heterocycles. The summed E-state index contributed by atoms with van der Waals surface area (Å²) in [5.74, 6) is -0.345. The number of aromatic nitrogens is 1. The molecule has 1 aromatic carbocycles. The average Bonchev–Trinajstić information content (AvgIpc) is 3.38. The van der Waals surface area contributed by atoms with E-state index in [2.05, 4.69) is 22.5 Å². The van der Waals surface area contributed by atoms with Crippen LogP contribution < -0.4 is 10.6 Å². The Morgan fingerprint density at radius 3 is 2.69 bits per heavy atom. The number of aromatic amines is 1. The summed E-state index contributed by atoms with van der Waals surface area (Å²) < 4.78 is 0. The largest absolute Gasteiger partial charge is 0.361 e. The number of fused-ring (bicyclic) bond motifs is 1. The van der Waals surface area contributed by atoms with Gasteiger partial charge in [0.1, 0.15) is 6.04 Å². The fourth-order valence-corrected chi connectivity index (χ4v) is 4.11. The molecule has 2 amide bonds. The van der Waals surface area contributed by atoms with Gasteiger partial charge in [-0.15, -0.1) is 11.3 Å². The maximum atomic E-state index is 13.0. The lowest BCUT2D eigenvalue weighted by Gasteiger charge is -2.21. The van der Waals surface area contributed by atoms with Crippen LogP contribution in [0.2, 0.25) is 0 Å². The highest BCUT2D eigenvalue weighted by atomic mass is 32.1. The third-order valence-corrected chi connectivity index (χ3v) is 5.96. The minimum Gasteiger partial charge on any atom is -0.361 e. The normalized spacial score (nSPS) is 13.2. The number of hydrogen-bond donors (Lipinski definition) is 3. The second-order valence-corrected chi connectivity index (χ2v) is 8.42. The molecular weight excluding hydrogens is 382 g/mol. The van der Waals surface area contributed by atoms with Crippen LogP contribution in [0.1, 0.15) is 54.8 Å². The quantitative estimate of drug-likeness (QED) is 0.425. The lowest BCUT2D eigenvalue weighted by molar-refractivity contribution is -0.123. The number of benzene rings is 1. The van der Waals surface area contributed by atoms with Gasteiger partial charge in [-0.3, -0.25) is 9.59 Å². The molecule has 5 nitrogen and oxygen atoms in total. The zero-order valence-electron chi connectivity index (χ0n) is 17.0. The number of thiophene rings is 1. The lowest BCUT2D eigenvalue weighted by atomic mass is 10.0. The van der Waals surface area contributed by atoms with Gasteiger partial charge in [-0.2, -0.15) is 0 Å². The predicted octanol–water partition coefficient (Wildman–Crippen LogP) is 4.66. The minimum atomic E-state index is -0.627. The number of rotatable bonds is 10. The van der Waals surface area contributed by atoms with Crippen LogP contribution in [-0.4, -0.2) is 28.9 Å². The van der Waals surface area contributed by atoms with Crippen molar-refractivity contribution in [1.82, 2.24) is 15.6 Å². The Kier molecular flexibility index (Phi) is 7.47. The van der Waals surface area contributed by atoms with E-state index in [9.17, 15) is 9.59 Å². The van der Waals surface area contributed by atoms with Crippen LogP contribution in [0, 0.1) is 0 Å². The van der Waals surface area contributed by atoms with Crippen molar-refractivity contribution in [2.75, 3.05) is 0 Å². The van der Waals surface area contributed by atoms with Gasteiger partial charge >= 0.3 is 0 Å². The molecule has 0 radical (unpaired) electrons. The molecule has 6 heteroatoms. The molecule has 3 aromatic rings. The van der Waals surface area contributed by atoms with Gasteiger partial charge in [0.2, 0.25) is 5.91 Å². The molecule has 3 N–H and O–H groups in total. The summed E-state index contributed by atoms with van der Waals surface area (Å²) in [4.78, 5) is 29.5. The fraction of sp³-hybridized carbons (Fsp3) is 0.391. The Morgan fingerprint density at radius 2 is 1.93 bits per heavy atom. The molecule has 29 heavy (non-hydrogen) atoms. The molecule has 0 spiro atoms. The SMILES string of the molecule is CCCCCC(C)NC(=O)C(Cc1c[nH]c2ccccc12)NC(=O)c1cccs1. The number of nitrogens with one attached hydrogen (secondary N) is 3. The first kappa shape index (κ1) is 21.1. The monoisotopic (exact) mass is 411 g/mol. The molecule has 3 rings (SSSR count). The molecule has 2 unspecified atom stereocenters. The van der Waals surface area contributed by atoms with Gasteiger partial charge in [-0.1, -0.05) is 50.5 Å². The van der Waals surface area contributed by atoms with Gasteiger partial charge < -0.3 is 15.6 Å². The molecule has 2 atom stereocenters. The van der Waals surface area contributed by atoms with Gasteiger partial charge in [0, 0.05) is 29.6 Å². The zero-order chi connectivity index (χ0) is 20.6. The highest BCUT2D eigenvalue weighted by Gasteiger charge is 2.24. The Balaban J connectivity index is 1.73. The first-order valence-electron chi connectivity index (χ1n) is 10.3. The van der Waals surface area contributed by atoms with Gasteiger partial charge in [0.15, 0.2) is 0 Å². The fourth-order valence-electron chi connectivity index (χ4n) is 3.48. The van der Waals surface area contributed by atoms with Crippen LogP contribution >= 0.6 is 11.3 Å². The van der Waals surface area contributed by atoms with Gasteiger partial charge in [0.05, 0.1) is 4.88 Å². The summed E-state index contributed by atoms with van der Waals surface area (Å²) >= 11 is 1.37. The van der Waals surface area contributed by atoms with E-state index in [-0.39, 0.29) is 17.9 Å². The van der Waals surface area contributed by atoms with E-state index < -0.39 is 6.04 Å². The molecule has 0 aliphatic carbocycles. The summed E-state index contributed by atoms with van der Waals surface area (Å²) in [5, 5.41) is 8.97. The average molecular weight is 412 g/mol. The summed E-state index contributed by atoms with van der Waals surface area (Å²) in [6.45, 7) is 4.19. The standard InChI is InChI=1S/C23H29N3O2S/c1-3-4-5-9-16(2)25-22(27)20(26-23(28)21-12-8-13-29-21)14-17-15-24-19-11-7-6-10-18(17)19/h6-8,10-13,15-16,20,24H,3-5,9,14H2,1-2H3,(H,25,27)(H,26,28). The Hall–Kier alpha value is -2.60. The van der Waals surface area contributed by atoms with Crippen LogP contribution in [-0.2, 0) is 11.2 Å². The van der Waals surface area contributed by atoms with Crippen molar-refractivity contribution in [3.8, 4) is 0 Å². The maximum absolute atomic E-state index is 13.0. The van der Waals surface area contributed by atoms with E-state index in [0.717, 1.165) is 42.1 Å². The van der Waals surface area contributed by atoms with E-state index in [4.69, 9.17) is 0 Å². The highest BCUT2D eigenvalue weighted by Crippen LogP contribution is 2.20. The topological polar surface area (TPSA) is 74.0 Å². The number of H-pyrrole nitrogens is 1. The molecule has 154 valence electrons. The number of unbranched alkanes of at least 4 members (excludes halogenated alkanes) is 2. The van der Waals surface area contributed by atoms with E-state index in [1.165, 1.54) is 11.3 Å². The van der Waals surface area contributed by atoms with Crippen molar-refractivity contribution >= 4 is 34.1 Å². The van der Waals surface area contributed by atoms with Crippen LogP contribution in [0.4, 0.5) is 0 Å². The van der Waals surface area contributed by atoms with Crippen molar-refractivity contribution in [1.29, 1.82) is 0 Å². The van der Waals surface area contributed by atoms with Crippen molar-refractivity contribution in [2.45, 2.75) is 58.0 Å². The number of amides is 2. The Bertz CT molecular complexity index is 933. The molecular formula is C23H29N3O2S. The molecule has 0 bridgehead atoms. The predicted molar refractivity (Wildman–Crippen MR) is 119 cm³/mol. The molecule has 2 heterocycles. The van der Waals surface area contributed by atoms with Gasteiger partial charge in [-0.25, -0.2) is 0 Å². The Morgan fingerprint density at radius 1 is 1.10 bits per heavy atom. The van der Waals surface area contributed by atoms with Crippen LogP contribution in [0.5, 0.6) is 0 Å². The number of carbonyl (C=O) groups is 2. The van der Waals surface area contributed by atoms with Crippen molar-refractivity contribution in [2.24, 2.45) is 0 Å².